The van der Waals surface area contributed by atoms with Crippen molar-refractivity contribution in [1.29, 1.82) is 0 Å². The van der Waals surface area contributed by atoms with Crippen LogP contribution < -0.4 is 9.47 Å². The van der Waals surface area contributed by atoms with Gasteiger partial charge in [0, 0.05) is 5.56 Å². The van der Waals surface area contributed by atoms with Crippen molar-refractivity contribution < 1.29 is 28.5 Å². The van der Waals surface area contributed by atoms with Gasteiger partial charge in [0.1, 0.15) is 11.5 Å². The van der Waals surface area contributed by atoms with Gasteiger partial charge in [-0.25, -0.2) is 0 Å². The first-order valence-electron chi connectivity index (χ1n) is 11.2. The maximum Gasteiger partial charge on any atom is 0.306 e. The Bertz CT molecular complexity index is 724. The van der Waals surface area contributed by atoms with Gasteiger partial charge in [-0.3, -0.25) is 4.79 Å². The quantitative estimate of drug-likeness (QED) is 0.447. The molecule has 0 aliphatic heterocycles. The zero-order valence-corrected chi connectivity index (χ0v) is 21.4. The molecule has 176 valence electrons. The van der Waals surface area contributed by atoms with Gasteiger partial charge in [0.25, 0.3) is 0 Å². The average Bonchev–Trinajstić information content (AvgIpc) is 3.18. The van der Waals surface area contributed by atoms with Crippen LogP contribution in [0.15, 0.2) is 12.1 Å². The molecule has 1 aromatic rings. The van der Waals surface area contributed by atoms with E-state index in [1.807, 2.05) is 19.1 Å². The lowest BCUT2D eigenvalue weighted by Crippen LogP contribution is -2.45. The Kier molecular flexibility index (Phi) is 8.59. The van der Waals surface area contributed by atoms with Crippen LogP contribution in [0.3, 0.4) is 0 Å². The second-order valence-electron chi connectivity index (χ2n) is 10.0. The van der Waals surface area contributed by atoms with Crippen LogP contribution in [0.1, 0.15) is 70.1 Å². The molecule has 31 heavy (non-hydrogen) atoms. The third-order valence-corrected chi connectivity index (χ3v) is 11.2. The molecule has 1 N–H and O–H groups in total. The van der Waals surface area contributed by atoms with E-state index in [0.29, 0.717) is 11.5 Å². The summed E-state index contributed by atoms with van der Waals surface area (Å²) in [5.41, 5.74) is 1.72. The highest BCUT2D eigenvalue weighted by Crippen LogP contribution is 2.44. The molecule has 2 unspecified atom stereocenters. The number of carbonyl (C=O) groups is 1. The molecule has 0 bridgehead atoms. The Morgan fingerprint density at radius 1 is 1.13 bits per heavy atom. The number of carboxylic acid groups (broad SMARTS) is 1. The molecule has 2 rings (SSSR count). The minimum atomic E-state index is -2.24. The summed E-state index contributed by atoms with van der Waals surface area (Å²) >= 11 is 0. The first kappa shape index (κ1) is 25.7. The van der Waals surface area contributed by atoms with Gasteiger partial charge < -0.3 is 23.7 Å². The number of hydrogen-bond acceptors (Lipinski definition) is 5. The molecule has 6 nitrogen and oxygen atoms in total. The SMILES string of the molecule is COc1cc(C(O[Si](C)(C)C(C)(C)C)C(CC(=O)O)OC2CCCC2)cc(OC)c1C. The number of aliphatic carboxylic acids is 1. The summed E-state index contributed by atoms with van der Waals surface area (Å²) in [5.74, 6) is 0.485. The van der Waals surface area contributed by atoms with E-state index < -0.39 is 26.5 Å². The number of benzene rings is 1. The largest absolute Gasteiger partial charge is 0.496 e. The zero-order valence-electron chi connectivity index (χ0n) is 20.4. The molecular formula is C24H40O6Si. The van der Waals surface area contributed by atoms with Crippen molar-refractivity contribution >= 4 is 14.3 Å². The Labute approximate surface area is 188 Å². The van der Waals surface area contributed by atoms with Crippen molar-refractivity contribution in [1.82, 2.24) is 0 Å². The Morgan fingerprint density at radius 2 is 1.65 bits per heavy atom. The monoisotopic (exact) mass is 452 g/mol. The van der Waals surface area contributed by atoms with Crippen LogP contribution in [0.2, 0.25) is 18.1 Å². The summed E-state index contributed by atoms with van der Waals surface area (Å²) in [5, 5.41) is 9.65. The average molecular weight is 453 g/mol. The molecule has 0 heterocycles. The van der Waals surface area contributed by atoms with Gasteiger partial charge in [-0.2, -0.15) is 0 Å². The molecule has 0 radical (unpaired) electrons. The molecule has 0 saturated heterocycles. The predicted molar refractivity (Wildman–Crippen MR) is 125 cm³/mol. The number of rotatable bonds is 10. The summed E-state index contributed by atoms with van der Waals surface area (Å²) in [6.07, 6.45) is 2.99. The lowest BCUT2D eigenvalue weighted by atomic mass is 9.99. The number of carboxylic acids is 1. The van der Waals surface area contributed by atoms with Crippen LogP contribution in [-0.2, 0) is 14.0 Å². The fourth-order valence-corrected chi connectivity index (χ4v) is 5.07. The van der Waals surface area contributed by atoms with Crippen LogP contribution in [0.25, 0.3) is 0 Å². The molecule has 0 aromatic heterocycles. The molecule has 0 spiro atoms. The first-order chi connectivity index (χ1) is 14.4. The zero-order chi connectivity index (χ0) is 23.4. The van der Waals surface area contributed by atoms with E-state index in [1.165, 1.54) is 0 Å². The molecule has 1 aliphatic carbocycles. The van der Waals surface area contributed by atoms with E-state index in [4.69, 9.17) is 18.6 Å². The lowest BCUT2D eigenvalue weighted by molar-refractivity contribution is -0.145. The van der Waals surface area contributed by atoms with Crippen molar-refractivity contribution in [2.24, 2.45) is 0 Å². The van der Waals surface area contributed by atoms with Crippen molar-refractivity contribution in [3.63, 3.8) is 0 Å². The molecule has 1 saturated carbocycles. The number of methoxy groups -OCH3 is 2. The summed E-state index contributed by atoms with van der Waals surface area (Å²) in [4.78, 5) is 11.8. The van der Waals surface area contributed by atoms with Crippen LogP contribution in [0.4, 0.5) is 0 Å². The maximum absolute atomic E-state index is 11.8. The van der Waals surface area contributed by atoms with E-state index in [-0.39, 0.29) is 17.6 Å². The van der Waals surface area contributed by atoms with Gasteiger partial charge in [-0.15, -0.1) is 0 Å². The maximum atomic E-state index is 11.8. The van der Waals surface area contributed by atoms with Crippen LogP contribution in [0, 0.1) is 6.92 Å². The minimum Gasteiger partial charge on any atom is -0.496 e. The highest BCUT2D eigenvalue weighted by Gasteiger charge is 2.43. The molecule has 7 heteroatoms. The third-order valence-electron chi connectivity index (χ3n) is 6.71. The second kappa shape index (κ2) is 10.4. The van der Waals surface area contributed by atoms with Crippen molar-refractivity contribution in [3.8, 4) is 11.5 Å². The van der Waals surface area contributed by atoms with E-state index in [2.05, 4.69) is 33.9 Å². The van der Waals surface area contributed by atoms with Crippen LogP contribution in [0.5, 0.6) is 11.5 Å². The molecular weight excluding hydrogens is 412 g/mol. The fraction of sp³-hybridized carbons (Fsp3) is 0.708. The van der Waals surface area contributed by atoms with Gasteiger partial charge in [-0.05, 0) is 55.6 Å². The standard InChI is InChI=1S/C24H40O6Si/c1-16-19(27-5)13-17(14-20(16)28-6)23(30-31(7,8)24(2,3)4)21(15-22(25)26)29-18-11-9-10-12-18/h13-14,18,21,23H,9-12,15H2,1-8H3,(H,25,26). The van der Waals surface area contributed by atoms with Gasteiger partial charge in [0.05, 0.1) is 39.0 Å². The van der Waals surface area contributed by atoms with Crippen molar-refractivity contribution in [2.45, 2.75) is 96.2 Å². The number of hydrogen-bond donors (Lipinski definition) is 1. The van der Waals surface area contributed by atoms with Gasteiger partial charge in [-0.1, -0.05) is 33.6 Å². The van der Waals surface area contributed by atoms with Crippen LogP contribution >= 0.6 is 0 Å². The topological polar surface area (TPSA) is 74.2 Å². The molecule has 1 fully saturated rings. The molecule has 2 atom stereocenters. The summed E-state index contributed by atoms with van der Waals surface area (Å²) in [6, 6.07) is 3.87. The van der Waals surface area contributed by atoms with Gasteiger partial charge in [0.2, 0.25) is 0 Å². The van der Waals surface area contributed by atoms with E-state index >= 15 is 0 Å². The van der Waals surface area contributed by atoms with Gasteiger partial charge >= 0.3 is 5.97 Å². The Morgan fingerprint density at radius 3 is 2.06 bits per heavy atom. The normalized spacial score (nSPS) is 17.4. The Balaban J connectivity index is 2.56. The van der Waals surface area contributed by atoms with E-state index in [0.717, 1.165) is 36.8 Å². The minimum absolute atomic E-state index is 0.0365. The van der Waals surface area contributed by atoms with Crippen molar-refractivity contribution in [2.75, 3.05) is 14.2 Å². The van der Waals surface area contributed by atoms with Crippen molar-refractivity contribution in [3.05, 3.63) is 23.3 Å². The van der Waals surface area contributed by atoms with Crippen LogP contribution in [-0.4, -0.2) is 45.8 Å². The molecule has 1 aromatic carbocycles. The fourth-order valence-electron chi connectivity index (χ4n) is 3.79. The molecule has 0 amide bonds. The highest BCUT2D eigenvalue weighted by atomic mass is 28.4. The Hall–Kier alpha value is -1.57. The summed E-state index contributed by atoms with van der Waals surface area (Å²) < 4.78 is 24.4. The van der Waals surface area contributed by atoms with Gasteiger partial charge in [0.15, 0.2) is 8.32 Å². The summed E-state index contributed by atoms with van der Waals surface area (Å²) in [7, 11) is 1.00. The second-order valence-corrected chi connectivity index (χ2v) is 14.8. The smallest absolute Gasteiger partial charge is 0.306 e. The lowest BCUT2D eigenvalue weighted by Gasteiger charge is -2.42. The third kappa shape index (κ3) is 6.46. The van der Waals surface area contributed by atoms with E-state index in [1.54, 1.807) is 14.2 Å². The predicted octanol–water partition coefficient (Wildman–Crippen LogP) is 5.88. The highest BCUT2D eigenvalue weighted by molar-refractivity contribution is 6.74. The molecule has 1 aliphatic rings. The first-order valence-corrected chi connectivity index (χ1v) is 14.1. The number of ether oxygens (including phenoxy) is 3. The summed E-state index contributed by atoms with van der Waals surface area (Å²) in [6.45, 7) is 12.8. The van der Waals surface area contributed by atoms with E-state index in [9.17, 15) is 9.90 Å².